The van der Waals surface area contributed by atoms with Gasteiger partial charge in [-0.2, -0.15) is 0 Å². The molecule has 0 saturated carbocycles. The molecule has 4 rings (SSSR count). The van der Waals surface area contributed by atoms with Gasteiger partial charge in [0.05, 0.1) is 49.3 Å². The molecule has 0 aromatic heterocycles. The Labute approximate surface area is 435 Å². The Hall–Kier alpha value is -4.58. The monoisotopic (exact) mass is 1020 g/mol. The molecule has 0 N–H and O–H groups in total. The van der Waals surface area contributed by atoms with E-state index < -0.39 is 65.9 Å². The maximum absolute atomic E-state index is 14.8. The lowest BCUT2D eigenvalue weighted by molar-refractivity contribution is -0.202. The molecule has 0 aliphatic carbocycles. The van der Waals surface area contributed by atoms with Crippen LogP contribution in [-0.2, 0) is 57.5 Å². The number of carbonyl (C=O) groups is 8. The summed E-state index contributed by atoms with van der Waals surface area (Å²) in [7, 11) is 6.78. The Morgan fingerprint density at radius 2 is 1.42 bits per heavy atom. The van der Waals surface area contributed by atoms with Crippen LogP contribution in [0.4, 0.5) is 0 Å². The van der Waals surface area contributed by atoms with E-state index in [2.05, 4.69) is 0 Å². The quantitative estimate of drug-likeness (QED) is 0.0557. The fourth-order valence-corrected chi connectivity index (χ4v) is 11.3. The van der Waals surface area contributed by atoms with Crippen molar-refractivity contribution in [3.8, 4) is 0 Å². The van der Waals surface area contributed by atoms with Gasteiger partial charge in [0.25, 0.3) is 11.8 Å². The number of carbonyl (C=O) groups excluding carboxylic acids is 8. The van der Waals surface area contributed by atoms with Crippen LogP contribution in [0.1, 0.15) is 157 Å². The zero-order valence-electron chi connectivity index (χ0n) is 46.2. The van der Waals surface area contributed by atoms with Crippen LogP contribution in [0.3, 0.4) is 0 Å². The average molecular weight is 1020 g/mol. The Bertz CT molecular complexity index is 1980. The molecule has 17 nitrogen and oxygen atoms in total. The number of rotatable bonds is 30. The first kappa shape index (κ1) is 61.0. The number of amides is 5. The Balaban J connectivity index is 1.42. The lowest BCUT2D eigenvalue weighted by Gasteiger charge is -2.41. The second-order valence-corrected chi connectivity index (χ2v) is 21.6. The number of nitrogens with zero attached hydrogens (tertiary/aromatic N) is 5. The number of benzene rings is 1. The van der Waals surface area contributed by atoms with E-state index in [0.29, 0.717) is 63.4 Å². The number of hydroxylamine groups is 4. The van der Waals surface area contributed by atoms with Crippen LogP contribution in [0, 0.1) is 35.5 Å². The van der Waals surface area contributed by atoms with Crippen molar-refractivity contribution in [2.24, 2.45) is 35.5 Å². The highest BCUT2D eigenvalue weighted by molar-refractivity contribution is 6.01. The summed E-state index contributed by atoms with van der Waals surface area (Å²) in [5, 5.41) is 1.99. The van der Waals surface area contributed by atoms with Crippen molar-refractivity contribution in [1.29, 1.82) is 0 Å². The summed E-state index contributed by atoms with van der Waals surface area (Å²) >= 11 is 0. The first-order chi connectivity index (χ1) is 34.7. The highest BCUT2D eigenvalue weighted by Crippen LogP contribution is 2.35. The normalized spacial score (nSPS) is 20.2. The molecule has 3 aliphatic rings. The molecule has 1 aromatic carbocycles. The smallest absolute Gasteiger partial charge is 0.333 e. The summed E-state index contributed by atoms with van der Waals surface area (Å²) in [6, 6.07) is 8.39. The zero-order valence-corrected chi connectivity index (χ0v) is 46.2. The van der Waals surface area contributed by atoms with E-state index in [1.165, 1.54) is 5.06 Å². The van der Waals surface area contributed by atoms with Crippen molar-refractivity contribution in [2.75, 3.05) is 54.6 Å². The van der Waals surface area contributed by atoms with E-state index in [1.807, 2.05) is 103 Å². The van der Waals surface area contributed by atoms with Gasteiger partial charge in [-0.1, -0.05) is 98.6 Å². The van der Waals surface area contributed by atoms with Crippen LogP contribution in [0.2, 0.25) is 0 Å². The molecule has 3 heterocycles. The molecule has 1 aromatic rings. The van der Waals surface area contributed by atoms with Crippen molar-refractivity contribution in [3.05, 3.63) is 35.9 Å². The molecule has 0 unspecified atom stereocenters. The van der Waals surface area contributed by atoms with E-state index in [9.17, 15) is 38.4 Å². The molecule has 0 radical (unpaired) electrons. The molecule has 0 bridgehead atoms. The molecule has 0 spiro atoms. The molecule has 3 aliphatic heterocycles. The van der Waals surface area contributed by atoms with E-state index >= 15 is 0 Å². The highest BCUT2D eigenvalue weighted by atomic mass is 16.7. The summed E-state index contributed by atoms with van der Waals surface area (Å²) in [6.45, 7) is 17.8. The number of hydrogen-bond acceptors (Lipinski definition) is 13. The number of ketones is 2. The Kier molecular flexibility index (Phi) is 24.6. The number of imide groups is 1. The van der Waals surface area contributed by atoms with Gasteiger partial charge in [0, 0.05) is 78.3 Å². The van der Waals surface area contributed by atoms with Crippen LogP contribution in [0.5, 0.6) is 0 Å². The van der Waals surface area contributed by atoms with Crippen molar-refractivity contribution in [3.63, 3.8) is 0 Å². The summed E-state index contributed by atoms with van der Waals surface area (Å²) in [5.41, 5.74) is 0.960. The SMILES string of the molecule is CC[C@H](C)[C@@H]([C@@H](CC(=O)N1CCC[C@H]1[C@H](OC)[C@@H](C)C(=O)C[C@H](C(=O)N1CCCCO1)[C@@H](C)c1ccccc1)OC)N(C)C(=O)[C@@H](CC(=O)[C@H](C(C)C)N(C)CCCCCC(=O)ON1C(=O)CCC1=O)C(C)C. The first-order valence-corrected chi connectivity index (χ1v) is 27.1. The largest absolute Gasteiger partial charge is 0.379 e. The zero-order chi connectivity index (χ0) is 54.1. The predicted molar refractivity (Wildman–Crippen MR) is 276 cm³/mol. The Morgan fingerprint density at radius 3 is 2.00 bits per heavy atom. The average Bonchev–Trinajstić information content (AvgIpc) is 3.99. The van der Waals surface area contributed by atoms with Gasteiger partial charge in [0.1, 0.15) is 5.78 Å². The predicted octanol–water partition coefficient (Wildman–Crippen LogP) is 7.20. The van der Waals surface area contributed by atoms with Gasteiger partial charge < -0.3 is 24.1 Å². The minimum Gasteiger partial charge on any atom is -0.379 e. The van der Waals surface area contributed by atoms with Gasteiger partial charge in [-0.15, -0.1) is 5.06 Å². The Morgan fingerprint density at radius 1 is 0.767 bits per heavy atom. The van der Waals surface area contributed by atoms with Crippen LogP contribution in [0.15, 0.2) is 30.3 Å². The molecule has 3 fully saturated rings. The molecule has 3 saturated heterocycles. The molecular weight excluding hydrogens is 935 g/mol. The maximum atomic E-state index is 14.8. The van der Waals surface area contributed by atoms with Gasteiger partial charge in [-0.3, -0.25) is 43.3 Å². The van der Waals surface area contributed by atoms with Crippen LogP contribution >= 0.6 is 0 Å². The number of Topliss-reactive ketones (excluding diaryl/α,β-unsaturated/α-hetero) is 2. The minimum absolute atomic E-state index is 0.00498. The van der Waals surface area contributed by atoms with E-state index in [1.54, 1.807) is 26.2 Å². The van der Waals surface area contributed by atoms with Crippen LogP contribution in [-0.4, -0.2) is 157 Å². The summed E-state index contributed by atoms with van der Waals surface area (Å²) in [4.78, 5) is 124. The standard InChI is InChI=1S/C56H89N5O12/c1-13-38(6)53(58(10)55(68)42(36(2)3)33-46(63)52(37(4)5)57(9)29-19-15-18-26-51(67)73-61-48(64)27-28-49(61)65)47(70-11)35-50(66)59-30-22-25-44(59)54(71-12)40(8)45(62)34-43(39(7)41-23-16-14-17-24-41)56(69)60-31-20-21-32-72-60/h14,16-17,23-24,36-40,42-44,47,52-54H,13,15,18-22,25-35H2,1-12H3/t38-,39-,40-,42-,43-,44-,47+,52-,53-,54+/m0/s1. The topological polar surface area (TPSA) is 190 Å². The molecule has 10 atom stereocenters. The number of hydrogen-bond donors (Lipinski definition) is 0. The summed E-state index contributed by atoms with van der Waals surface area (Å²) < 4.78 is 12.3. The maximum Gasteiger partial charge on any atom is 0.333 e. The number of ether oxygens (including phenoxy) is 2. The molecule has 5 amide bonds. The summed E-state index contributed by atoms with van der Waals surface area (Å²) in [5.74, 6) is -4.82. The van der Waals surface area contributed by atoms with Gasteiger partial charge in [0.2, 0.25) is 17.7 Å². The van der Waals surface area contributed by atoms with Gasteiger partial charge >= 0.3 is 5.97 Å². The molecule has 17 heteroatoms. The third kappa shape index (κ3) is 16.5. The van der Waals surface area contributed by atoms with E-state index in [4.69, 9.17) is 19.1 Å². The number of methoxy groups -OCH3 is 2. The fourth-order valence-electron chi connectivity index (χ4n) is 11.3. The van der Waals surface area contributed by atoms with Crippen molar-refractivity contribution < 1.29 is 57.5 Å². The lowest BCUT2D eigenvalue weighted by Crippen LogP contribution is -2.54. The number of likely N-dealkylation sites (N-methyl/N-ethyl adjacent to an activating group) is 2. The summed E-state index contributed by atoms with van der Waals surface area (Å²) in [6.07, 6.45) is 4.46. The first-order valence-electron chi connectivity index (χ1n) is 27.1. The van der Waals surface area contributed by atoms with Gasteiger partial charge in [0.15, 0.2) is 5.78 Å². The third-order valence-electron chi connectivity index (χ3n) is 15.8. The van der Waals surface area contributed by atoms with Gasteiger partial charge in [-0.05, 0) is 81.4 Å². The lowest BCUT2D eigenvalue weighted by atomic mass is 9.80. The third-order valence-corrected chi connectivity index (χ3v) is 15.8. The molecule has 410 valence electrons. The minimum atomic E-state index is -0.675. The van der Waals surface area contributed by atoms with Crippen molar-refractivity contribution >= 4 is 47.1 Å². The van der Waals surface area contributed by atoms with E-state index in [-0.39, 0.29) is 91.5 Å². The van der Waals surface area contributed by atoms with Gasteiger partial charge in [-0.25, -0.2) is 9.86 Å². The van der Waals surface area contributed by atoms with Crippen LogP contribution in [0.25, 0.3) is 0 Å². The molecular formula is C56H89N5O12. The van der Waals surface area contributed by atoms with E-state index in [0.717, 1.165) is 24.8 Å². The molecule has 73 heavy (non-hydrogen) atoms. The van der Waals surface area contributed by atoms with Crippen molar-refractivity contribution in [1.82, 2.24) is 24.8 Å². The second kappa shape index (κ2) is 29.5. The second-order valence-electron chi connectivity index (χ2n) is 21.6. The highest BCUT2D eigenvalue weighted by Gasteiger charge is 2.44. The van der Waals surface area contributed by atoms with Crippen LogP contribution < -0.4 is 0 Å². The number of unbranched alkanes of at least 4 members (excludes halogenated alkanes) is 2. The fraction of sp³-hybridized carbons (Fsp3) is 0.750. The number of likely N-dealkylation sites (tertiary alicyclic amines) is 1. The van der Waals surface area contributed by atoms with Crippen molar-refractivity contribution in [2.45, 2.75) is 182 Å².